The molecule has 1 aromatic carbocycles. The topological polar surface area (TPSA) is 46.3 Å². The van der Waals surface area contributed by atoms with Crippen molar-refractivity contribution in [1.82, 2.24) is 0 Å². The van der Waals surface area contributed by atoms with Gasteiger partial charge in [-0.25, -0.2) is 0 Å². The van der Waals surface area contributed by atoms with Crippen molar-refractivity contribution in [2.45, 2.75) is 17.7 Å². The van der Waals surface area contributed by atoms with Gasteiger partial charge in [0.1, 0.15) is 0 Å². The van der Waals surface area contributed by atoms with E-state index in [9.17, 15) is 4.79 Å². The van der Waals surface area contributed by atoms with E-state index in [1.54, 1.807) is 16.7 Å². The Morgan fingerprint density at radius 2 is 2.24 bits per heavy atom. The van der Waals surface area contributed by atoms with Gasteiger partial charge in [-0.2, -0.15) is 0 Å². The first-order valence-corrected chi connectivity index (χ1v) is 6.88. The van der Waals surface area contributed by atoms with Crippen molar-refractivity contribution < 1.29 is 4.79 Å². The van der Waals surface area contributed by atoms with E-state index >= 15 is 0 Å². The highest BCUT2D eigenvalue weighted by molar-refractivity contribution is 7.99. The van der Waals surface area contributed by atoms with Crippen LogP contribution in [-0.2, 0) is 4.79 Å². The summed E-state index contributed by atoms with van der Waals surface area (Å²) in [6, 6.07) is 7.97. The fraction of sp³-hybridized carbons (Fsp3) is 0.333. The van der Waals surface area contributed by atoms with E-state index in [-0.39, 0.29) is 5.91 Å². The monoisotopic (exact) mass is 266 g/mol. The second kappa shape index (κ2) is 5.51. The van der Waals surface area contributed by atoms with E-state index in [1.165, 1.54) is 0 Å². The van der Waals surface area contributed by atoms with Gasteiger partial charge in [0, 0.05) is 30.0 Å². The molecule has 1 amide bonds. The molecule has 1 aliphatic heterocycles. The number of thiocarbonyl (C=S) groups is 1. The first-order chi connectivity index (χ1) is 8.18. The molecule has 0 saturated carbocycles. The molecule has 0 atom stereocenters. The molecular weight excluding hydrogens is 252 g/mol. The van der Waals surface area contributed by atoms with Crippen LogP contribution in [0.1, 0.15) is 12.8 Å². The maximum atomic E-state index is 12.0. The third-order valence-electron chi connectivity index (χ3n) is 2.61. The quantitative estimate of drug-likeness (QED) is 0.852. The second-order valence-electron chi connectivity index (χ2n) is 3.83. The molecule has 0 aliphatic carbocycles. The number of nitrogens with two attached hydrogens (primary N) is 1. The summed E-state index contributed by atoms with van der Waals surface area (Å²) < 4.78 is 0. The van der Waals surface area contributed by atoms with Crippen molar-refractivity contribution in [3.8, 4) is 0 Å². The van der Waals surface area contributed by atoms with Crippen LogP contribution in [0.3, 0.4) is 0 Å². The van der Waals surface area contributed by atoms with Gasteiger partial charge in [0.25, 0.3) is 0 Å². The molecule has 3 nitrogen and oxygen atoms in total. The number of benzene rings is 1. The van der Waals surface area contributed by atoms with Gasteiger partial charge < -0.3 is 10.6 Å². The zero-order valence-electron chi connectivity index (χ0n) is 9.39. The van der Waals surface area contributed by atoms with Crippen LogP contribution in [0.25, 0.3) is 0 Å². The summed E-state index contributed by atoms with van der Waals surface area (Å²) in [5.41, 5.74) is 6.49. The van der Waals surface area contributed by atoms with Crippen LogP contribution in [0.15, 0.2) is 29.2 Å². The van der Waals surface area contributed by atoms with E-state index in [0.717, 1.165) is 16.3 Å². The molecule has 2 rings (SSSR count). The normalized spacial score (nSPS) is 15.3. The van der Waals surface area contributed by atoms with Gasteiger partial charge in [0.15, 0.2) is 0 Å². The van der Waals surface area contributed by atoms with Crippen molar-refractivity contribution in [3.63, 3.8) is 0 Å². The van der Waals surface area contributed by atoms with Crippen LogP contribution in [0.4, 0.5) is 5.69 Å². The van der Waals surface area contributed by atoms with Gasteiger partial charge in [-0.05, 0) is 12.1 Å². The van der Waals surface area contributed by atoms with E-state index in [0.29, 0.717) is 24.4 Å². The molecule has 1 aliphatic rings. The van der Waals surface area contributed by atoms with E-state index in [2.05, 4.69) is 0 Å². The van der Waals surface area contributed by atoms with Crippen molar-refractivity contribution in [1.29, 1.82) is 0 Å². The van der Waals surface area contributed by atoms with Crippen LogP contribution < -0.4 is 10.6 Å². The number of hydrogen-bond donors (Lipinski definition) is 1. The lowest BCUT2D eigenvalue weighted by Gasteiger charge is -2.22. The Kier molecular flexibility index (Phi) is 4.02. The molecule has 17 heavy (non-hydrogen) atoms. The molecule has 1 heterocycles. The van der Waals surface area contributed by atoms with Gasteiger partial charge in [-0.15, -0.1) is 11.8 Å². The van der Waals surface area contributed by atoms with Crippen LogP contribution in [0, 0.1) is 0 Å². The lowest BCUT2D eigenvalue weighted by atomic mass is 10.2. The SMILES string of the molecule is NC(=S)CCN1C(=O)CCSc2ccccc21. The number of para-hydroxylation sites is 1. The summed E-state index contributed by atoms with van der Waals surface area (Å²) in [7, 11) is 0. The predicted octanol–water partition coefficient (Wildman–Crippen LogP) is 2.19. The molecule has 0 spiro atoms. The maximum absolute atomic E-state index is 12.0. The molecule has 0 aromatic heterocycles. The number of amides is 1. The number of fused-ring (bicyclic) bond motifs is 1. The summed E-state index contributed by atoms with van der Waals surface area (Å²) in [6.07, 6.45) is 1.14. The number of carbonyl (C=O) groups is 1. The minimum absolute atomic E-state index is 0.152. The van der Waals surface area contributed by atoms with Crippen molar-refractivity contribution in [2.24, 2.45) is 5.73 Å². The Morgan fingerprint density at radius 3 is 3.00 bits per heavy atom. The molecule has 1 aromatic rings. The zero-order valence-corrected chi connectivity index (χ0v) is 11.0. The number of rotatable bonds is 3. The smallest absolute Gasteiger partial charge is 0.227 e. The Labute approximate surface area is 110 Å². The number of carbonyl (C=O) groups excluding carboxylic acids is 1. The van der Waals surface area contributed by atoms with Gasteiger partial charge in [-0.1, -0.05) is 24.4 Å². The van der Waals surface area contributed by atoms with E-state index in [4.69, 9.17) is 18.0 Å². The molecule has 5 heteroatoms. The Morgan fingerprint density at radius 1 is 1.47 bits per heavy atom. The molecule has 0 fully saturated rings. The molecule has 90 valence electrons. The third kappa shape index (κ3) is 2.98. The highest BCUT2D eigenvalue weighted by Gasteiger charge is 2.21. The fourth-order valence-electron chi connectivity index (χ4n) is 1.79. The number of anilines is 1. The summed E-state index contributed by atoms with van der Waals surface area (Å²) in [5.74, 6) is 0.984. The number of thioether (sulfide) groups is 1. The standard InChI is InChI=1S/C12H14N2OS2/c13-11(16)5-7-14-9-3-1-2-4-10(9)17-8-6-12(14)15/h1-4H,5-8H2,(H2,13,16). The van der Waals surface area contributed by atoms with Crippen LogP contribution in [0.2, 0.25) is 0 Å². The first kappa shape index (κ1) is 12.4. The molecule has 0 unspecified atom stereocenters. The highest BCUT2D eigenvalue weighted by Crippen LogP contribution is 2.33. The molecular formula is C12H14N2OS2. The van der Waals surface area contributed by atoms with E-state index < -0.39 is 0 Å². The van der Waals surface area contributed by atoms with Crippen LogP contribution >= 0.6 is 24.0 Å². The Bertz CT molecular complexity index is 448. The number of nitrogens with zero attached hydrogens (tertiary/aromatic N) is 1. The average molecular weight is 266 g/mol. The average Bonchev–Trinajstić information content (AvgIpc) is 2.45. The summed E-state index contributed by atoms with van der Waals surface area (Å²) >= 11 is 6.59. The first-order valence-electron chi connectivity index (χ1n) is 5.49. The van der Waals surface area contributed by atoms with Gasteiger partial charge in [0.05, 0.1) is 10.7 Å². The summed E-state index contributed by atoms with van der Waals surface area (Å²) in [6.45, 7) is 0.575. The van der Waals surface area contributed by atoms with Crippen LogP contribution in [0.5, 0.6) is 0 Å². The second-order valence-corrected chi connectivity index (χ2v) is 5.49. The fourth-order valence-corrected chi connectivity index (χ4v) is 2.88. The molecule has 0 radical (unpaired) electrons. The minimum Gasteiger partial charge on any atom is -0.393 e. The van der Waals surface area contributed by atoms with Gasteiger partial charge >= 0.3 is 0 Å². The van der Waals surface area contributed by atoms with E-state index in [1.807, 2.05) is 24.3 Å². The lowest BCUT2D eigenvalue weighted by Crippen LogP contribution is -2.33. The largest absolute Gasteiger partial charge is 0.393 e. The zero-order chi connectivity index (χ0) is 12.3. The maximum Gasteiger partial charge on any atom is 0.227 e. The summed E-state index contributed by atoms with van der Waals surface area (Å²) in [4.78, 5) is 15.4. The van der Waals surface area contributed by atoms with Crippen molar-refractivity contribution in [2.75, 3.05) is 17.2 Å². The van der Waals surface area contributed by atoms with Gasteiger partial charge in [0.2, 0.25) is 5.91 Å². The molecule has 0 saturated heterocycles. The Balaban J connectivity index is 2.27. The number of hydrogen-bond acceptors (Lipinski definition) is 3. The van der Waals surface area contributed by atoms with Crippen LogP contribution in [-0.4, -0.2) is 23.2 Å². The lowest BCUT2D eigenvalue weighted by molar-refractivity contribution is -0.118. The molecule has 0 bridgehead atoms. The van der Waals surface area contributed by atoms with Gasteiger partial charge in [-0.3, -0.25) is 4.79 Å². The molecule has 2 N–H and O–H groups in total. The van der Waals surface area contributed by atoms with Crippen molar-refractivity contribution >= 4 is 40.6 Å². The Hall–Kier alpha value is -1.07. The highest BCUT2D eigenvalue weighted by atomic mass is 32.2. The third-order valence-corrected chi connectivity index (χ3v) is 3.88. The summed E-state index contributed by atoms with van der Waals surface area (Å²) in [5, 5.41) is 0. The minimum atomic E-state index is 0.152. The van der Waals surface area contributed by atoms with Crippen molar-refractivity contribution in [3.05, 3.63) is 24.3 Å². The predicted molar refractivity (Wildman–Crippen MR) is 75.5 cm³/mol.